The standard InChI is InChI=1S/C30H39N5O2/c1-20(2)34(4)28-12-11-25(17-27(28)33-29(36)24-9-10-24)30(37)35-15-13-23(14-16-35)21-5-7-22(8-6-21)26(18-31)19-32-3/h5-8,11-12,17-20,23-24H,9-10,13-16,31H2,1-4H3,(H,33,36). The number of amides is 2. The van der Waals surface area contributed by atoms with Crippen LogP contribution in [-0.2, 0) is 4.79 Å². The SMILES string of the molecule is CN=CC(=CN)c1ccc(C2CCN(C(=O)c3ccc(N(C)C(C)C)c(NC(=O)C4CC4)c3)CC2)cc1. The van der Waals surface area contributed by atoms with E-state index >= 15 is 0 Å². The zero-order valence-corrected chi connectivity index (χ0v) is 22.4. The number of anilines is 2. The Kier molecular flexibility index (Phi) is 8.31. The largest absolute Gasteiger partial charge is 0.404 e. The van der Waals surface area contributed by atoms with Gasteiger partial charge in [-0.2, -0.15) is 0 Å². The maximum absolute atomic E-state index is 13.4. The monoisotopic (exact) mass is 501 g/mol. The van der Waals surface area contributed by atoms with Crippen LogP contribution in [-0.4, -0.2) is 56.2 Å². The first-order chi connectivity index (χ1) is 17.8. The molecule has 0 aromatic heterocycles. The maximum Gasteiger partial charge on any atom is 0.253 e. The number of carbonyl (C=O) groups excluding carboxylic acids is 2. The Morgan fingerprint density at radius 3 is 2.27 bits per heavy atom. The average Bonchev–Trinajstić information content (AvgIpc) is 3.77. The van der Waals surface area contributed by atoms with Gasteiger partial charge in [0.25, 0.3) is 5.91 Å². The minimum Gasteiger partial charge on any atom is -0.404 e. The van der Waals surface area contributed by atoms with Gasteiger partial charge in [0.1, 0.15) is 0 Å². The van der Waals surface area contributed by atoms with Crippen molar-refractivity contribution >= 4 is 35.0 Å². The van der Waals surface area contributed by atoms with E-state index < -0.39 is 0 Å². The normalized spacial score (nSPS) is 16.9. The van der Waals surface area contributed by atoms with Gasteiger partial charge < -0.3 is 20.9 Å². The summed E-state index contributed by atoms with van der Waals surface area (Å²) in [6, 6.07) is 14.4. The van der Waals surface area contributed by atoms with Gasteiger partial charge in [0.15, 0.2) is 0 Å². The molecule has 2 fully saturated rings. The van der Waals surface area contributed by atoms with Crippen LogP contribution in [0.15, 0.2) is 53.7 Å². The Labute approximate surface area is 220 Å². The molecule has 196 valence electrons. The lowest BCUT2D eigenvalue weighted by Gasteiger charge is -2.33. The van der Waals surface area contributed by atoms with Crippen LogP contribution in [0.1, 0.15) is 66.9 Å². The zero-order chi connectivity index (χ0) is 26.5. The number of aliphatic imine (C=N–C) groups is 1. The van der Waals surface area contributed by atoms with Crippen molar-refractivity contribution in [3.05, 3.63) is 65.4 Å². The Bertz CT molecular complexity index is 1170. The molecule has 1 saturated carbocycles. The maximum atomic E-state index is 13.4. The number of likely N-dealkylation sites (tertiary alicyclic amines) is 1. The molecule has 1 saturated heterocycles. The lowest BCUT2D eigenvalue weighted by atomic mass is 9.88. The van der Waals surface area contributed by atoms with E-state index in [0.29, 0.717) is 30.3 Å². The molecule has 2 amide bonds. The Morgan fingerprint density at radius 1 is 1.05 bits per heavy atom. The summed E-state index contributed by atoms with van der Waals surface area (Å²) >= 11 is 0. The number of allylic oxidation sites excluding steroid dienone is 1. The molecule has 2 aromatic carbocycles. The van der Waals surface area contributed by atoms with E-state index in [1.807, 2.05) is 30.1 Å². The molecular weight excluding hydrogens is 462 g/mol. The van der Waals surface area contributed by atoms with Crippen molar-refractivity contribution in [1.29, 1.82) is 0 Å². The van der Waals surface area contributed by atoms with E-state index in [-0.39, 0.29) is 23.8 Å². The molecule has 0 bridgehead atoms. The van der Waals surface area contributed by atoms with E-state index in [0.717, 1.165) is 42.5 Å². The number of nitrogens with one attached hydrogen (secondary N) is 1. The second-order valence-electron chi connectivity index (χ2n) is 10.4. The molecule has 1 heterocycles. The third kappa shape index (κ3) is 6.21. The lowest BCUT2D eigenvalue weighted by Crippen LogP contribution is -2.38. The number of carbonyl (C=O) groups is 2. The van der Waals surface area contributed by atoms with Crippen molar-refractivity contribution in [1.82, 2.24) is 4.90 Å². The van der Waals surface area contributed by atoms with Crippen molar-refractivity contribution in [2.45, 2.75) is 51.5 Å². The van der Waals surface area contributed by atoms with E-state index in [1.54, 1.807) is 19.5 Å². The Morgan fingerprint density at radius 2 is 1.70 bits per heavy atom. The quantitative estimate of drug-likeness (QED) is 0.504. The van der Waals surface area contributed by atoms with Gasteiger partial charge in [0, 0.05) is 62.7 Å². The van der Waals surface area contributed by atoms with Crippen molar-refractivity contribution in [3.63, 3.8) is 0 Å². The second kappa shape index (κ2) is 11.6. The van der Waals surface area contributed by atoms with Crippen LogP contribution in [0.2, 0.25) is 0 Å². The summed E-state index contributed by atoms with van der Waals surface area (Å²) < 4.78 is 0. The molecule has 7 heteroatoms. The molecule has 37 heavy (non-hydrogen) atoms. The molecule has 7 nitrogen and oxygen atoms in total. The van der Waals surface area contributed by atoms with Gasteiger partial charge in [0.05, 0.1) is 11.4 Å². The van der Waals surface area contributed by atoms with E-state index in [1.165, 1.54) is 5.56 Å². The fraction of sp³-hybridized carbons (Fsp3) is 0.433. The van der Waals surface area contributed by atoms with Crippen molar-refractivity contribution in [2.75, 3.05) is 37.4 Å². The number of hydrogen-bond donors (Lipinski definition) is 2. The number of piperidine rings is 1. The van der Waals surface area contributed by atoms with Crippen LogP contribution in [0.5, 0.6) is 0 Å². The van der Waals surface area contributed by atoms with Crippen molar-refractivity contribution in [2.24, 2.45) is 16.6 Å². The van der Waals surface area contributed by atoms with Crippen molar-refractivity contribution < 1.29 is 9.59 Å². The molecule has 0 spiro atoms. The molecule has 2 aromatic rings. The minimum atomic E-state index is 0.0195. The minimum absolute atomic E-state index is 0.0195. The molecule has 0 radical (unpaired) electrons. The van der Waals surface area contributed by atoms with Crippen LogP contribution in [0.3, 0.4) is 0 Å². The predicted molar refractivity (Wildman–Crippen MR) is 152 cm³/mol. The first-order valence-electron chi connectivity index (χ1n) is 13.2. The van der Waals surface area contributed by atoms with Crippen LogP contribution < -0.4 is 16.0 Å². The Balaban J connectivity index is 1.43. The summed E-state index contributed by atoms with van der Waals surface area (Å²) in [7, 11) is 3.74. The first-order valence-corrected chi connectivity index (χ1v) is 13.2. The summed E-state index contributed by atoms with van der Waals surface area (Å²) in [5.74, 6) is 0.581. The van der Waals surface area contributed by atoms with Gasteiger partial charge in [0.2, 0.25) is 5.91 Å². The predicted octanol–water partition coefficient (Wildman–Crippen LogP) is 4.90. The van der Waals surface area contributed by atoms with Crippen LogP contribution >= 0.6 is 0 Å². The average molecular weight is 502 g/mol. The van der Waals surface area contributed by atoms with Crippen LogP contribution in [0.4, 0.5) is 11.4 Å². The van der Waals surface area contributed by atoms with Gasteiger partial charge >= 0.3 is 0 Å². The number of nitrogens with zero attached hydrogens (tertiary/aromatic N) is 3. The zero-order valence-electron chi connectivity index (χ0n) is 22.4. The summed E-state index contributed by atoms with van der Waals surface area (Å²) in [5.41, 5.74) is 11.2. The number of nitrogens with two attached hydrogens (primary N) is 1. The van der Waals surface area contributed by atoms with E-state index in [4.69, 9.17) is 5.73 Å². The molecule has 0 unspecified atom stereocenters. The van der Waals surface area contributed by atoms with E-state index in [9.17, 15) is 9.59 Å². The Hall–Kier alpha value is -3.61. The third-order valence-corrected chi connectivity index (χ3v) is 7.55. The molecule has 1 aliphatic carbocycles. The number of hydrogen-bond acceptors (Lipinski definition) is 5. The van der Waals surface area contributed by atoms with E-state index in [2.05, 4.69) is 53.3 Å². The fourth-order valence-corrected chi connectivity index (χ4v) is 4.83. The van der Waals surface area contributed by atoms with Gasteiger partial charge in [-0.1, -0.05) is 24.3 Å². The third-order valence-electron chi connectivity index (χ3n) is 7.55. The van der Waals surface area contributed by atoms with Gasteiger partial charge in [-0.05, 0) is 74.8 Å². The summed E-state index contributed by atoms with van der Waals surface area (Å²) in [6.07, 6.45) is 7.04. The highest BCUT2D eigenvalue weighted by Crippen LogP contribution is 2.34. The summed E-state index contributed by atoms with van der Waals surface area (Å²) in [5, 5.41) is 3.09. The van der Waals surface area contributed by atoms with Gasteiger partial charge in [-0.25, -0.2) is 0 Å². The van der Waals surface area contributed by atoms with Crippen molar-refractivity contribution in [3.8, 4) is 0 Å². The molecular formula is C30H39N5O2. The van der Waals surface area contributed by atoms with Crippen LogP contribution in [0.25, 0.3) is 5.57 Å². The van der Waals surface area contributed by atoms with Gasteiger partial charge in [-0.3, -0.25) is 14.6 Å². The van der Waals surface area contributed by atoms with Gasteiger partial charge in [-0.15, -0.1) is 0 Å². The smallest absolute Gasteiger partial charge is 0.253 e. The lowest BCUT2D eigenvalue weighted by molar-refractivity contribution is -0.117. The molecule has 1 aliphatic heterocycles. The highest BCUT2D eigenvalue weighted by Gasteiger charge is 2.31. The summed E-state index contributed by atoms with van der Waals surface area (Å²) in [4.78, 5) is 34.1. The molecule has 4 rings (SSSR count). The first kappa shape index (κ1) is 26.5. The van der Waals surface area contributed by atoms with Crippen LogP contribution in [0, 0.1) is 5.92 Å². The second-order valence-corrected chi connectivity index (χ2v) is 10.4. The highest BCUT2D eigenvalue weighted by molar-refractivity contribution is 6.09. The molecule has 3 N–H and O–H groups in total. The fourth-order valence-electron chi connectivity index (χ4n) is 4.83. The summed E-state index contributed by atoms with van der Waals surface area (Å²) in [6.45, 7) is 5.63. The number of rotatable bonds is 8. The topological polar surface area (TPSA) is 91.0 Å². The number of benzene rings is 2. The highest BCUT2D eigenvalue weighted by atomic mass is 16.2. The molecule has 0 atom stereocenters. The molecule has 2 aliphatic rings.